The van der Waals surface area contributed by atoms with E-state index < -0.39 is 0 Å². The maximum atomic E-state index is 9.57. The predicted octanol–water partition coefficient (Wildman–Crippen LogP) is 4.67. The molecular weight excluding hydrogens is 246 g/mol. The molecule has 0 aliphatic heterocycles. The zero-order valence-corrected chi connectivity index (χ0v) is 14.1. The molecule has 20 heavy (non-hydrogen) atoms. The largest absolute Gasteiger partial charge is 0.367 e. The van der Waals surface area contributed by atoms with Gasteiger partial charge < -0.3 is 9.88 Å². The van der Waals surface area contributed by atoms with Crippen LogP contribution in [0.4, 0.5) is 5.82 Å². The van der Waals surface area contributed by atoms with Crippen LogP contribution in [0.15, 0.2) is 6.07 Å². The van der Waals surface area contributed by atoms with Crippen LogP contribution in [0.3, 0.4) is 0 Å². The lowest BCUT2D eigenvalue weighted by molar-refractivity contribution is 0.396. The van der Waals surface area contributed by atoms with Crippen molar-refractivity contribution in [3.8, 4) is 6.07 Å². The van der Waals surface area contributed by atoms with Crippen molar-refractivity contribution >= 4 is 5.82 Å². The molecule has 1 N–H and O–H groups in total. The smallest absolute Gasteiger partial charge is 0.125 e. The number of nitrogens with zero attached hydrogens (tertiary/aromatic N) is 2. The van der Waals surface area contributed by atoms with E-state index in [9.17, 15) is 5.26 Å². The number of hydrogen-bond acceptors (Lipinski definition) is 2. The minimum Gasteiger partial charge on any atom is -0.367 e. The summed E-state index contributed by atoms with van der Waals surface area (Å²) in [4.78, 5) is 0. The van der Waals surface area contributed by atoms with Crippen LogP contribution in [0.1, 0.15) is 72.6 Å². The van der Waals surface area contributed by atoms with Crippen molar-refractivity contribution < 1.29 is 0 Å². The molecule has 0 spiro atoms. The van der Waals surface area contributed by atoms with E-state index in [1.165, 1.54) is 0 Å². The summed E-state index contributed by atoms with van der Waals surface area (Å²) in [5.41, 5.74) is 1.84. The third kappa shape index (κ3) is 4.03. The highest BCUT2D eigenvalue weighted by Crippen LogP contribution is 2.31. The van der Waals surface area contributed by atoms with Crippen LogP contribution in [0, 0.1) is 11.3 Å². The second-order valence-corrected chi connectivity index (χ2v) is 7.50. The SMILES string of the molecule is CCCCc1cc(NC(C)(C)C)n(C(C)(C)C)c1C#N. The van der Waals surface area contributed by atoms with Crippen LogP contribution in [-0.2, 0) is 12.0 Å². The van der Waals surface area contributed by atoms with Gasteiger partial charge in [0.1, 0.15) is 17.6 Å². The maximum absolute atomic E-state index is 9.57. The molecule has 0 aliphatic rings. The molecule has 1 heterocycles. The van der Waals surface area contributed by atoms with Crippen LogP contribution in [0.2, 0.25) is 0 Å². The van der Waals surface area contributed by atoms with E-state index in [0.29, 0.717) is 0 Å². The average molecular weight is 275 g/mol. The fourth-order valence-electron chi connectivity index (χ4n) is 2.41. The molecule has 0 amide bonds. The summed E-state index contributed by atoms with van der Waals surface area (Å²) < 4.78 is 2.14. The Balaban J connectivity index is 3.35. The van der Waals surface area contributed by atoms with Gasteiger partial charge in [0.15, 0.2) is 0 Å². The number of nitriles is 1. The van der Waals surface area contributed by atoms with Crippen molar-refractivity contribution in [2.45, 2.75) is 78.8 Å². The molecule has 0 saturated carbocycles. The molecule has 0 aliphatic carbocycles. The van der Waals surface area contributed by atoms with Crippen molar-refractivity contribution in [3.05, 3.63) is 17.3 Å². The Kier molecular flexibility index (Phi) is 4.91. The Bertz CT molecular complexity index is 490. The van der Waals surface area contributed by atoms with Crippen LogP contribution >= 0.6 is 0 Å². The lowest BCUT2D eigenvalue weighted by Crippen LogP contribution is -2.31. The molecule has 1 aromatic heterocycles. The van der Waals surface area contributed by atoms with Crippen molar-refractivity contribution in [1.82, 2.24) is 4.57 Å². The zero-order valence-electron chi connectivity index (χ0n) is 14.1. The molecule has 0 fully saturated rings. The molecule has 0 bridgehead atoms. The number of anilines is 1. The Morgan fingerprint density at radius 3 is 2.20 bits per heavy atom. The van der Waals surface area contributed by atoms with Crippen LogP contribution in [-0.4, -0.2) is 10.1 Å². The molecule has 3 heteroatoms. The highest BCUT2D eigenvalue weighted by molar-refractivity contribution is 5.52. The first-order valence-electron chi connectivity index (χ1n) is 7.53. The van der Waals surface area contributed by atoms with Gasteiger partial charge in [-0.1, -0.05) is 13.3 Å². The normalized spacial score (nSPS) is 12.3. The van der Waals surface area contributed by atoms with E-state index in [1.54, 1.807) is 0 Å². The number of aryl methyl sites for hydroxylation is 1. The van der Waals surface area contributed by atoms with Gasteiger partial charge in [0.2, 0.25) is 0 Å². The Labute approximate surface area is 124 Å². The first kappa shape index (κ1) is 16.6. The average Bonchev–Trinajstić information content (AvgIpc) is 2.60. The first-order valence-corrected chi connectivity index (χ1v) is 7.53. The van der Waals surface area contributed by atoms with Gasteiger partial charge in [-0.3, -0.25) is 0 Å². The van der Waals surface area contributed by atoms with E-state index in [0.717, 1.165) is 36.3 Å². The molecule has 1 rings (SSSR count). The second-order valence-electron chi connectivity index (χ2n) is 7.50. The Hall–Kier alpha value is -1.43. The van der Waals surface area contributed by atoms with Gasteiger partial charge in [-0.15, -0.1) is 0 Å². The molecular formula is C17H29N3. The molecule has 3 nitrogen and oxygen atoms in total. The van der Waals surface area contributed by atoms with Gasteiger partial charge >= 0.3 is 0 Å². The second kappa shape index (κ2) is 5.91. The monoisotopic (exact) mass is 275 g/mol. The van der Waals surface area contributed by atoms with Gasteiger partial charge in [0.25, 0.3) is 0 Å². The number of rotatable bonds is 4. The highest BCUT2D eigenvalue weighted by atomic mass is 15.2. The van der Waals surface area contributed by atoms with E-state index >= 15 is 0 Å². The summed E-state index contributed by atoms with van der Waals surface area (Å²) in [6, 6.07) is 4.57. The summed E-state index contributed by atoms with van der Waals surface area (Å²) >= 11 is 0. The summed E-state index contributed by atoms with van der Waals surface area (Å²) in [5.74, 6) is 1.05. The third-order valence-corrected chi connectivity index (χ3v) is 3.16. The Morgan fingerprint density at radius 1 is 1.20 bits per heavy atom. The summed E-state index contributed by atoms with van der Waals surface area (Å²) in [7, 11) is 0. The van der Waals surface area contributed by atoms with Crippen molar-refractivity contribution in [1.29, 1.82) is 5.26 Å². The van der Waals surface area contributed by atoms with Crippen molar-refractivity contribution in [2.75, 3.05) is 5.32 Å². The zero-order chi connectivity index (χ0) is 15.6. The highest BCUT2D eigenvalue weighted by Gasteiger charge is 2.25. The minimum absolute atomic E-state index is 0.0178. The summed E-state index contributed by atoms with van der Waals surface area (Å²) in [6.45, 7) is 15.0. The maximum Gasteiger partial charge on any atom is 0.125 e. The lowest BCUT2D eigenvalue weighted by Gasteiger charge is -2.30. The van der Waals surface area contributed by atoms with Gasteiger partial charge in [0, 0.05) is 11.1 Å². The van der Waals surface area contributed by atoms with Crippen LogP contribution in [0.5, 0.6) is 0 Å². The molecule has 1 aromatic rings. The standard InChI is InChI=1S/C17H29N3/c1-8-9-10-13-11-15(19-16(2,3)4)20(14(13)12-18)17(5,6)7/h11,19H,8-10H2,1-7H3. The van der Waals surface area contributed by atoms with Gasteiger partial charge in [0.05, 0.1) is 0 Å². The lowest BCUT2D eigenvalue weighted by atomic mass is 10.1. The van der Waals surface area contributed by atoms with E-state index in [2.05, 4.69) is 70.5 Å². The summed E-state index contributed by atoms with van der Waals surface area (Å²) in [6.07, 6.45) is 3.24. The predicted molar refractivity (Wildman–Crippen MR) is 86.1 cm³/mol. The topological polar surface area (TPSA) is 40.8 Å². The molecule has 112 valence electrons. The first-order chi connectivity index (χ1) is 9.10. The molecule has 0 saturated heterocycles. The van der Waals surface area contributed by atoms with E-state index in [-0.39, 0.29) is 11.1 Å². The number of unbranched alkanes of at least 4 members (excludes halogenated alkanes) is 1. The van der Waals surface area contributed by atoms with E-state index in [1.807, 2.05) is 0 Å². The summed E-state index contributed by atoms with van der Waals surface area (Å²) in [5, 5.41) is 13.1. The number of hydrogen-bond donors (Lipinski definition) is 1. The molecule has 0 aromatic carbocycles. The van der Waals surface area contributed by atoms with Crippen LogP contribution < -0.4 is 5.32 Å². The number of nitrogens with one attached hydrogen (secondary N) is 1. The Morgan fingerprint density at radius 2 is 1.80 bits per heavy atom. The molecule has 0 radical (unpaired) electrons. The number of aromatic nitrogens is 1. The van der Waals surface area contributed by atoms with Crippen LogP contribution in [0.25, 0.3) is 0 Å². The van der Waals surface area contributed by atoms with Gasteiger partial charge in [-0.25, -0.2) is 0 Å². The van der Waals surface area contributed by atoms with Gasteiger partial charge in [-0.05, 0) is 66.0 Å². The van der Waals surface area contributed by atoms with E-state index in [4.69, 9.17) is 0 Å². The van der Waals surface area contributed by atoms with Crippen molar-refractivity contribution in [3.63, 3.8) is 0 Å². The molecule has 0 atom stereocenters. The fraction of sp³-hybridized carbons (Fsp3) is 0.706. The van der Waals surface area contributed by atoms with Crippen molar-refractivity contribution in [2.24, 2.45) is 0 Å². The quantitative estimate of drug-likeness (QED) is 0.867. The fourth-order valence-corrected chi connectivity index (χ4v) is 2.41. The minimum atomic E-state index is -0.108. The van der Waals surface area contributed by atoms with Gasteiger partial charge in [-0.2, -0.15) is 5.26 Å². The third-order valence-electron chi connectivity index (χ3n) is 3.16. The molecule has 0 unspecified atom stereocenters.